The van der Waals surface area contributed by atoms with Crippen molar-refractivity contribution in [2.75, 3.05) is 30.9 Å². The third-order valence-electron chi connectivity index (χ3n) is 3.11. The maximum Gasteiger partial charge on any atom is 0.132 e. The van der Waals surface area contributed by atoms with Crippen LogP contribution in [0.25, 0.3) is 0 Å². The van der Waals surface area contributed by atoms with Crippen molar-refractivity contribution in [3.05, 3.63) is 47.8 Å². The number of aryl methyl sites for hydroxylation is 1. The van der Waals surface area contributed by atoms with E-state index in [2.05, 4.69) is 39.7 Å². The summed E-state index contributed by atoms with van der Waals surface area (Å²) in [5, 5.41) is 6.63. The van der Waals surface area contributed by atoms with Crippen LogP contribution in [0.15, 0.2) is 36.4 Å². The van der Waals surface area contributed by atoms with Crippen molar-refractivity contribution >= 4 is 11.6 Å². The van der Waals surface area contributed by atoms with Gasteiger partial charge in [0.05, 0.1) is 6.61 Å². The predicted molar refractivity (Wildman–Crippen MR) is 85.6 cm³/mol. The molecule has 2 rings (SSSR count). The van der Waals surface area contributed by atoms with Gasteiger partial charge < -0.3 is 15.4 Å². The Labute approximate surface area is 125 Å². The normalized spacial score (nSPS) is 12.0. The van der Waals surface area contributed by atoms with Crippen molar-refractivity contribution in [1.29, 1.82) is 0 Å². The number of hydrogen-bond acceptors (Lipinski definition) is 5. The first-order chi connectivity index (χ1) is 10.2. The predicted octanol–water partition coefficient (Wildman–Crippen LogP) is 3.02. The molecule has 0 bridgehead atoms. The van der Waals surface area contributed by atoms with E-state index in [1.807, 2.05) is 31.2 Å². The Morgan fingerprint density at radius 2 is 1.86 bits per heavy atom. The van der Waals surface area contributed by atoms with Crippen LogP contribution >= 0.6 is 0 Å². The number of aromatic nitrogens is 2. The Bertz CT molecular complexity index is 559. The summed E-state index contributed by atoms with van der Waals surface area (Å²) >= 11 is 0. The van der Waals surface area contributed by atoms with Gasteiger partial charge in [-0.25, -0.2) is 9.97 Å². The highest BCUT2D eigenvalue weighted by atomic mass is 16.5. The molecule has 0 aliphatic carbocycles. The van der Waals surface area contributed by atoms with E-state index in [1.54, 1.807) is 7.11 Å². The molecule has 0 saturated carbocycles. The van der Waals surface area contributed by atoms with Crippen LogP contribution in [0.5, 0.6) is 0 Å². The van der Waals surface area contributed by atoms with E-state index in [0.29, 0.717) is 6.61 Å². The van der Waals surface area contributed by atoms with Gasteiger partial charge in [-0.1, -0.05) is 30.3 Å². The summed E-state index contributed by atoms with van der Waals surface area (Å²) in [7, 11) is 1.68. The summed E-state index contributed by atoms with van der Waals surface area (Å²) in [6, 6.07) is 12.4. The first kappa shape index (κ1) is 15.3. The molecule has 0 aliphatic rings. The number of benzene rings is 1. The molecule has 1 unspecified atom stereocenters. The Hall–Kier alpha value is -2.14. The van der Waals surface area contributed by atoms with Crippen LogP contribution in [-0.4, -0.2) is 30.2 Å². The van der Waals surface area contributed by atoms with Crippen LogP contribution in [0.3, 0.4) is 0 Å². The molecule has 1 heterocycles. The summed E-state index contributed by atoms with van der Waals surface area (Å²) in [6.45, 7) is 5.37. The van der Waals surface area contributed by atoms with Crippen molar-refractivity contribution in [1.82, 2.24) is 9.97 Å². The lowest BCUT2D eigenvalue weighted by Crippen LogP contribution is -2.12. The largest absolute Gasteiger partial charge is 0.383 e. The van der Waals surface area contributed by atoms with Gasteiger partial charge in [0.2, 0.25) is 0 Å². The maximum absolute atomic E-state index is 5.02. The summed E-state index contributed by atoms with van der Waals surface area (Å²) in [6.07, 6.45) is 0. The average Bonchev–Trinajstić information content (AvgIpc) is 2.48. The molecule has 2 aromatic rings. The van der Waals surface area contributed by atoms with Gasteiger partial charge in [0.1, 0.15) is 17.5 Å². The topological polar surface area (TPSA) is 59.1 Å². The second-order valence-electron chi connectivity index (χ2n) is 4.88. The Kier molecular flexibility index (Phi) is 5.51. The molecule has 5 heteroatoms. The minimum absolute atomic E-state index is 0.187. The van der Waals surface area contributed by atoms with E-state index in [-0.39, 0.29) is 6.04 Å². The van der Waals surface area contributed by atoms with Gasteiger partial charge in [-0.15, -0.1) is 0 Å². The molecule has 2 N–H and O–H groups in total. The molecule has 0 amide bonds. The highest BCUT2D eigenvalue weighted by Crippen LogP contribution is 2.19. The van der Waals surface area contributed by atoms with Crippen molar-refractivity contribution in [2.24, 2.45) is 0 Å². The van der Waals surface area contributed by atoms with E-state index in [4.69, 9.17) is 4.74 Å². The van der Waals surface area contributed by atoms with E-state index in [1.165, 1.54) is 5.56 Å². The van der Waals surface area contributed by atoms with Gasteiger partial charge >= 0.3 is 0 Å². The molecule has 112 valence electrons. The molecular formula is C16H22N4O. The van der Waals surface area contributed by atoms with Crippen molar-refractivity contribution < 1.29 is 4.74 Å². The average molecular weight is 286 g/mol. The highest BCUT2D eigenvalue weighted by Gasteiger charge is 2.07. The van der Waals surface area contributed by atoms with Gasteiger partial charge in [-0.3, -0.25) is 0 Å². The minimum atomic E-state index is 0.187. The zero-order valence-corrected chi connectivity index (χ0v) is 12.8. The zero-order chi connectivity index (χ0) is 15.1. The fourth-order valence-corrected chi connectivity index (χ4v) is 2.06. The summed E-state index contributed by atoms with van der Waals surface area (Å²) in [5.41, 5.74) is 1.22. The van der Waals surface area contributed by atoms with Gasteiger partial charge in [-0.05, 0) is 19.4 Å². The molecule has 1 aromatic carbocycles. The van der Waals surface area contributed by atoms with Crippen LogP contribution in [0.1, 0.15) is 24.4 Å². The Balaban J connectivity index is 2.05. The molecule has 21 heavy (non-hydrogen) atoms. The van der Waals surface area contributed by atoms with Crippen LogP contribution in [0, 0.1) is 6.92 Å². The number of methoxy groups -OCH3 is 1. The fraction of sp³-hybridized carbons (Fsp3) is 0.375. The first-order valence-electron chi connectivity index (χ1n) is 7.09. The van der Waals surface area contributed by atoms with Crippen LogP contribution < -0.4 is 10.6 Å². The Morgan fingerprint density at radius 3 is 2.57 bits per heavy atom. The molecule has 1 aromatic heterocycles. The number of rotatable bonds is 7. The van der Waals surface area contributed by atoms with Gasteiger partial charge in [0, 0.05) is 25.8 Å². The van der Waals surface area contributed by atoms with Crippen LogP contribution in [0.2, 0.25) is 0 Å². The molecule has 0 saturated heterocycles. The van der Waals surface area contributed by atoms with Crippen LogP contribution in [0.4, 0.5) is 11.6 Å². The van der Waals surface area contributed by atoms with E-state index < -0.39 is 0 Å². The van der Waals surface area contributed by atoms with Crippen LogP contribution in [-0.2, 0) is 4.74 Å². The quantitative estimate of drug-likeness (QED) is 0.766. The lowest BCUT2D eigenvalue weighted by molar-refractivity contribution is 0.210. The minimum Gasteiger partial charge on any atom is -0.383 e. The van der Waals surface area contributed by atoms with E-state index in [0.717, 1.165) is 24.0 Å². The third-order valence-corrected chi connectivity index (χ3v) is 3.11. The standard InChI is InChI=1S/C16H22N4O/c1-12(14-7-5-4-6-8-14)18-16-11-15(17-9-10-21-3)19-13(2)20-16/h4-8,11-12H,9-10H2,1-3H3,(H2,17,18,19,20). The second kappa shape index (κ2) is 7.59. The maximum atomic E-state index is 5.02. The number of nitrogens with zero attached hydrogens (tertiary/aromatic N) is 2. The van der Waals surface area contributed by atoms with Gasteiger partial charge in [0.25, 0.3) is 0 Å². The number of nitrogens with one attached hydrogen (secondary N) is 2. The molecule has 1 atom stereocenters. The van der Waals surface area contributed by atoms with E-state index >= 15 is 0 Å². The molecule has 0 spiro atoms. The monoisotopic (exact) mass is 286 g/mol. The van der Waals surface area contributed by atoms with Crippen molar-refractivity contribution in [2.45, 2.75) is 19.9 Å². The lowest BCUT2D eigenvalue weighted by Gasteiger charge is -2.16. The van der Waals surface area contributed by atoms with Crippen molar-refractivity contribution in [3.8, 4) is 0 Å². The summed E-state index contributed by atoms with van der Waals surface area (Å²) in [4.78, 5) is 8.80. The SMILES string of the molecule is COCCNc1cc(NC(C)c2ccccc2)nc(C)n1. The van der Waals surface area contributed by atoms with Gasteiger partial charge in [0.15, 0.2) is 0 Å². The molecule has 0 radical (unpaired) electrons. The Morgan fingerprint density at radius 1 is 1.14 bits per heavy atom. The number of hydrogen-bond donors (Lipinski definition) is 2. The first-order valence-corrected chi connectivity index (χ1v) is 7.09. The number of anilines is 2. The van der Waals surface area contributed by atoms with Crippen molar-refractivity contribution in [3.63, 3.8) is 0 Å². The molecule has 5 nitrogen and oxygen atoms in total. The summed E-state index contributed by atoms with van der Waals surface area (Å²) < 4.78 is 5.02. The molecule has 0 fully saturated rings. The highest BCUT2D eigenvalue weighted by molar-refractivity contribution is 5.48. The third kappa shape index (κ3) is 4.72. The lowest BCUT2D eigenvalue weighted by atomic mass is 10.1. The smallest absolute Gasteiger partial charge is 0.132 e. The summed E-state index contributed by atoms with van der Waals surface area (Å²) in [5.74, 6) is 2.36. The second-order valence-corrected chi connectivity index (χ2v) is 4.88. The fourth-order valence-electron chi connectivity index (χ4n) is 2.06. The number of ether oxygens (including phenoxy) is 1. The van der Waals surface area contributed by atoms with Gasteiger partial charge in [-0.2, -0.15) is 0 Å². The molecular weight excluding hydrogens is 264 g/mol. The van der Waals surface area contributed by atoms with E-state index in [9.17, 15) is 0 Å². The molecule has 0 aliphatic heterocycles. The zero-order valence-electron chi connectivity index (χ0n) is 12.8.